The molecule has 8 aromatic carbocycles. The molecule has 19 rings (SSSR count). The van der Waals surface area contributed by atoms with Gasteiger partial charge in [0, 0.05) is 56.0 Å². The van der Waals surface area contributed by atoms with Crippen molar-refractivity contribution < 1.29 is 0 Å². The van der Waals surface area contributed by atoms with Crippen LogP contribution in [-0.2, 0) is 10.8 Å². The Kier molecular flexibility index (Phi) is 5.98. The summed E-state index contributed by atoms with van der Waals surface area (Å²) in [7, 11) is 0. The van der Waals surface area contributed by atoms with E-state index in [2.05, 4.69) is 157 Å². The van der Waals surface area contributed by atoms with Crippen LogP contribution < -0.4 is 0 Å². The molecule has 0 spiro atoms. The molecule has 2 aromatic heterocycles. The molecule has 0 radical (unpaired) electrons. The quantitative estimate of drug-likeness (QED) is 0.153. The molecule has 0 unspecified atom stereocenters. The molecule has 9 aliphatic rings. The Hall–Kier alpha value is -7.46. The third-order valence-electron chi connectivity index (χ3n) is 19.0. The maximum Gasteiger partial charge on any atom is 0.0995 e. The molecule has 0 N–H and O–H groups in total. The van der Waals surface area contributed by atoms with Crippen molar-refractivity contribution in [2.45, 2.75) is 80.0 Å². The standard InChI is InChI=1S/C63H41N3/c1-32-20-21-35-44-29-45-55-47(27-33(30-64)49-51-36-12-2-6-16-40(36)53(57(49)55)41-17-7-3-13-37(41)51)66-48-28-34(31-65)50-52-38-14-4-8-18-42(38)54(43-19-9-5-15-39(43)52)58(50)56(48)59(61(45)66)60(44)63-24-10-22-62(63,23-11-25-63)46(35)26-32/h2-9,12-21,26-29,51-54H,10-11,22-25H2,1H3. The number of hydrogen-bond acceptors (Lipinski definition) is 2. The van der Waals surface area contributed by atoms with E-state index in [9.17, 15) is 10.5 Å². The highest BCUT2D eigenvalue weighted by atomic mass is 14.9. The Balaban J connectivity index is 1.14. The summed E-state index contributed by atoms with van der Waals surface area (Å²) in [4.78, 5) is 0. The van der Waals surface area contributed by atoms with Crippen molar-refractivity contribution in [2.75, 3.05) is 0 Å². The summed E-state index contributed by atoms with van der Waals surface area (Å²) in [6.07, 6.45) is 7.32. The molecule has 9 aliphatic carbocycles. The van der Waals surface area contributed by atoms with Crippen molar-refractivity contribution in [2.24, 2.45) is 0 Å². The van der Waals surface area contributed by atoms with Gasteiger partial charge in [0.05, 0.1) is 39.8 Å². The zero-order valence-corrected chi connectivity index (χ0v) is 36.6. The largest absolute Gasteiger partial charge is 0.308 e. The number of benzene rings is 8. The van der Waals surface area contributed by atoms with Gasteiger partial charge in [-0.15, -0.1) is 0 Å². The molecule has 10 aromatic rings. The zero-order valence-electron chi connectivity index (χ0n) is 36.6. The van der Waals surface area contributed by atoms with Gasteiger partial charge in [0.1, 0.15) is 0 Å². The van der Waals surface area contributed by atoms with Crippen LogP contribution in [0.1, 0.15) is 157 Å². The van der Waals surface area contributed by atoms with Crippen LogP contribution in [0, 0.1) is 29.6 Å². The molecule has 3 nitrogen and oxygen atoms in total. The highest BCUT2D eigenvalue weighted by Crippen LogP contribution is 2.72. The van der Waals surface area contributed by atoms with E-state index in [-0.39, 0.29) is 34.5 Å². The molecule has 308 valence electrons. The van der Waals surface area contributed by atoms with E-state index >= 15 is 0 Å². The van der Waals surface area contributed by atoms with Gasteiger partial charge in [0.15, 0.2) is 0 Å². The molecular formula is C63H41N3. The molecule has 0 amide bonds. The SMILES string of the molecule is Cc1ccc2c(c1)C13CCCC1(CCC3)c1c-2cc2c3c4c(c(C#N)cc3n3c5cc(C#N)c6c(c5c1c23)C1c2ccccc2C6c2ccccc21)C1c2ccccc2C4c2ccccc21. The number of fused-ring (bicyclic) bond motifs is 10. The Morgan fingerprint density at radius 1 is 0.470 bits per heavy atom. The normalized spacial score (nSPS) is 24.8. The van der Waals surface area contributed by atoms with E-state index in [4.69, 9.17) is 0 Å². The molecule has 3 heteroatoms. The maximum absolute atomic E-state index is 11.5. The van der Waals surface area contributed by atoms with Gasteiger partial charge in [-0.3, -0.25) is 0 Å². The van der Waals surface area contributed by atoms with Crippen LogP contribution in [0.15, 0.2) is 133 Å². The van der Waals surface area contributed by atoms with E-state index in [0.29, 0.717) is 0 Å². The Bertz CT molecular complexity index is 3980. The average Bonchev–Trinajstić information content (AvgIpc) is 4.12. The summed E-state index contributed by atoms with van der Waals surface area (Å²) in [5.74, 6) is -0.0371. The highest BCUT2D eigenvalue weighted by molar-refractivity contribution is 6.28. The molecule has 2 fully saturated rings. The molecule has 2 saturated carbocycles. The molecule has 0 saturated heterocycles. The second-order valence-corrected chi connectivity index (χ2v) is 21.1. The smallest absolute Gasteiger partial charge is 0.0995 e. The Morgan fingerprint density at radius 2 is 0.909 bits per heavy atom. The lowest BCUT2D eigenvalue weighted by Crippen LogP contribution is -2.43. The lowest BCUT2D eigenvalue weighted by atomic mass is 9.54. The summed E-state index contributed by atoms with van der Waals surface area (Å²) in [5.41, 5.74) is 28.3. The second kappa shape index (κ2) is 11.3. The minimum Gasteiger partial charge on any atom is -0.308 e. The van der Waals surface area contributed by atoms with Crippen LogP contribution in [-0.4, -0.2) is 4.40 Å². The van der Waals surface area contributed by atoms with Crippen molar-refractivity contribution in [3.63, 3.8) is 0 Å². The lowest BCUT2D eigenvalue weighted by molar-refractivity contribution is 0.301. The van der Waals surface area contributed by atoms with E-state index in [1.165, 1.54) is 149 Å². The maximum atomic E-state index is 11.5. The first-order valence-corrected chi connectivity index (χ1v) is 24.3. The zero-order chi connectivity index (χ0) is 43.1. The molecule has 0 aliphatic heterocycles. The van der Waals surface area contributed by atoms with E-state index < -0.39 is 0 Å². The van der Waals surface area contributed by atoms with Crippen LogP contribution in [0.3, 0.4) is 0 Å². The van der Waals surface area contributed by atoms with Gasteiger partial charge < -0.3 is 4.40 Å². The molecular weight excluding hydrogens is 799 g/mol. The van der Waals surface area contributed by atoms with Crippen molar-refractivity contribution in [3.8, 4) is 23.3 Å². The number of aromatic nitrogens is 1. The first-order chi connectivity index (χ1) is 32.6. The van der Waals surface area contributed by atoms with Gasteiger partial charge >= 0.3 is 0 Å². The predicted octanol–water partition coefficient (Wildman–Crippen LogP) is 14.4. The number of hydrogen-bond donors (Lipinski definition) is 0. The minimum atomic E-state index is -0.0183. The third-order valence-corrected chi connectivity index (χ3v) is 19.0. The van der Waals surface area contributed by atoms with Crippen LogP contribution >= 0.6 is 0 Å². The van der Waals surface area contributed by atoms with Crippen molar-refractivity contribution >= 4 is 38.1 Å². The van der Waals surface area contributed by atoms with Gasteiger partial charge in [0.2, 0.25) is 0 Å². The highest BCUT2D eigenvalue weighted by Gasteiger charge is 2.63. The fourth-order valence-electron chi connectivity index (χ4n) is 17.1. The van der Waals surface area contributed by atoms with Crippen molar-refractivity contribution in [3.05, 3.63) is 228 Å². The first kappa shape index (κ1) is 34.9. The summed E-state index contributed by atoms with van der Waals surface area (Å²) >= 11 is 0. The predicted molar refractivity (Wildman–Crippen MR) is 261 cm³/mol. The van der Waals surface area contributed by atoms with Crippen molar-refractivity contribution in [1.82, 2.24) is 4.40 Å². The number of nitrogens with zero attached hydrogens (tertiary/aromatic N) is 3. The van der Waals surface area contributed by atoms with E-state index in [0.717, 1.165) is 22.2 Å². The Labute approximate surface area is 382 Å². The summed E-state index contributed by atoms with van der Waals surface area (Å²) in [6.45, 7) is 2.29. The number of rotatable bonds is 0. The first-order valence-electron chi connectivity index (χ1n) is 24.3. The van der Waals surface area contributed by atoms with Crippen LogP contribution in [0.5, 0.6) is 0 Å². The summed E-state index contributed by atoms with van der Waals surface area (Å²) in [6, 6.07) is 56.5. The van der Waals surface area contributed by atoms with E-state index in [1.54, 1.807) is 11.1 Å². The minimum absolute atomic E-state index is 0.000308. The number of nitriles is 2. The third kappa shape index (κ3) is 3.52. The molecule has 0 atom stereocenters. The van der Waals surface area contributed by atoms with Gasteiger partial charge in [-0.2, -0.15) is 10.5 Å². The van der Waals surface area contributed by atoms with Gasteiger partial charge in [0.25, 0.3) is 0 Å². The fraction of sp³-hybridized carbons (Fsp3) is 0.206. The van der Waals surface area contributed by atoms with Crippen LogP contribution in [0.4, 0.5) is 0 Å². The summed E-state index contributed by atoms with van der Waals surface area (Å²) < 4.78 is 2.57. The molecule has 2 heterocycles. The van der Waals surface area contributed by atoms with Gasteiger partial charge in [-0.1, -0.05) is 134 Å². The van der Waals surface area contributed by atoms with Gasteiger partial charge in [-0.25, -0.2) is 0 Å². The van der Waals surface area contributed by atoms with Crippen LogP contribution in [0.2, 0.25) is 0 Å². The average molecular weight is 840 g/mol. The topological polar surface area (TPSA) is 52.0 Å². The summed E-state index contributed by atoms with van der Waals surface area (Å²) in [5, 5.41) is 28.2. The second-order valence-electron chi connectivity index (χ2n) is 21.1. The monoisotopic (exact) mass is 839 g/mol. The fourth-order valence-corrected chi connectivity index (χ4v) is 17.1. The Morgan fingerprint density at radius 3 is 1.39 bits per heavy atom. The van der Waals surface area contributed by atoms with Crippen LogP contribution in [0.25, 0.3) is 49.2 Å². The van der Waals surface area contributed by atoms with E-state index in [1.807, 2.05) is 0 Å². The lowest BCUT2D eigenvalue weighted by Gasteiger charge is -2.48. The molecule has 4 bridgehead atoms. The molecule has 66 heavy (non-hydrogen) atoms. The van der Waals surface area contributed by atoms with Gasteiger partial charge in [-0.05, 0) is 140 Å². The van der Waals surface area contributed by atoms with Crippen molar-refractivity contribution in [1.29, 1.82) is 10.5 Å². The number of aryl methyl sites for hydroxylation is 1.